The summed E-state index contributed by atoms with van der Waals surface area (Å²) in [5.74, 6) is -0.136. The number of benzene rings is 1. The second-order valence-electron chi connectivity index (χ2n) is 3.63. The van der Waals surface area contributed by atoms with Gasteiger partial charge in [0.15, 0.2) is 9.84 Å². The maximum absolute atomic E-state index is 11.3. The molecule has 0 saturated heterocycles. The Labute approximate surface area is 90.7 Å². The van der Waals surface area contributed by atoms with Crippen LogP contribution in [0.5, 0.6) is 0 Å². The maximum atomic E-state index is 11.3. The first-order valence-corrected chi connectivity index (χ1v) is 6.72. The molecular weight excluding hydrogens is 212 g/mol. The highest BCUT2D eigenvalue weighted by Crippen LogP contribution is 2.15. The predicted octanol–water partition coefficient (Wildman–Crippen LogP) is 1.46. The third-order valence-corrected chi connectivity index (χ3v) is 4.02. The van der Waals surface area contributed by atoms with Crippen molar-refractivity contribution < 1.29 is 13.5 Å². The molecule has 1 aromatic carbocycles. The molecule has 0 spiro atoms. The minimum atomic E-state index is -3.13. The highest BCUT2D eigenvalue weighted by molar-refractivity contribution is 7.91. The lowest BCUT2D eigenvalue weighted by Crippen LogP contribution is -2.16. The van der Waals surface area contributed by atoms with E-state index in [-0.39, 0.29) is 11.5 Å². The van der Waals surface area contributed by atoms with Gasteiger partial charge in [0, 0.05) is 5.75 Å². The van der Waals surface area contributed by atoms with Gasteiger partial charge in [0.25, 0.3) is 0 Å². The summed E-state index contributed by atoms with van der Waals surface area (Å²) in [5.41, 5.74) is 1.74. The largest absolute Gasteiger partial charge is 0.387 e. The van der Waals surface area contributed by atoms with E-state index in [0.717, 1.165) is 5.56 Å². The van der Waals surface area contributed by atoms with Crippen LogP contribution in [0.1, 0.15) is 24.2 Å². The molecule has 0 aliphatic heterocycles. The van der Waals surface area contributed by atoms with E-state index in [4.69, 9.17) is 0 Å². The van der Waals surface area contributed by atoms with Gasteiger partial charge in [0.1, 0.15) is 0 Å². The van der Waals surface area contributed by atoms with E-state index in [2.05, 4.69) is 0 Å². The number of sulfone groups is 1. The molecule has 1 atom stereocenters. The van der Waals surface area contributed by atoms with Crippen LogP contribution >= 0.6 is 0 Å². The van der Waals surface area contributed by atoms with Gasteiger partial charge in [-0.15, -0.1) is 0 Å². The molecule has 0 aromatic heterocycles. The zero-order valence-electron chi connectivity index (χ0n) is 8.97. The Morgan fingerprint density at radius 2 is 1.80 bits per heavy atom. The average molecular weight is 228 g/mol. The monoisotopic (exact) mass is 228 g/mol. The van der Waals surface area contributed by atoms with Crippen LogP contribution in [0.15, 0.2) is 24.3 Å². The molecule has 0 aliphatic carbocycles. The fourth-order valence-corrected chi connectivity index (χ4v) is 2.15. The molecule has 0 saturated carbocycles. The van der Waals surface area contributed by atoms with Crippen LogP contribution in [0.3, 0.4) is 0 Å². The van der Waals surface area contributed by atoms with E-state index < -0.39 is 15.9 Å². The number of aliphatic hydroxyl groups excluding tert-OH is 1. The second-order valence-corrected chi connectivity index (χ2v) is 6.02. The lowest BCUT2D eigenvalue weighted by Gasteiger charge is -2.10. The first kappa shape index (κ1) is 12.2. The number of hydrogen-bond acceptors (Lipinski definition) is 3. The molecule has 3 nitrogen and oxygen atoms in total. The number of aliphatic hydroxyl groups is 1. The number of aryl methyl sites for hydroxylation is 1. The summed E-state index contributed by atoms with van der Waals surface area (Å²) in [6, 6.07) is 7.23. The van der Waals surface area contributed by atoms with Gasteiger partial charge in [-0.2, -0.15) is 0 Å². The van der Waals surface area contributed by atoms with Crippen molar-refractivity contribution in [3.63, 3.8) is 0 Å². The van der Waals surface area contributed by atoms with Gasteiger partial charge >= 0.3 is 0 Å². The number of hydrogen-bond donors (Lipinski definition) is 1. The van der Waals surface area contributed by atoms with Gasteiger partial charge < -0.3 is 5.11 Å². The predicted molar refractivity (Wildman–Crippen MR) is 60.5 cm³/mol. The fourth-order valence-electron chi connectivity index (χ4n) is 1.24. The summed E-state index contributed by atoms with van der Waals surface area (Å²) < 4.78 is 22.6. The van der Waals surface area contributed by atoms with Crippen molar-refractivity contribution in [2.75, 3.05) is 11.5 Å². The van der Waals surface area contributed by atoms with Gasteiger partial charge in [-0.1, -0.05) is 36.8 Å². The molecule has 1 N–H and O–H groups in total. The molecule has 0 fully saturated rings. The van der Waals surface area contributed by atoms with E-state index in [1.54, 1.807) is 19.1 Å². The third-order valence-electron chi connectivity index (χ3n) is 2.31. The van der Waals surface area contributed by atoms with E-state index in [9.17, 15) is 13.5 Å². The Kier molecular flexibility index (Phi) is 3.88. The molecule has 0 radical (unpaired) electrons. The minimum absolute atomic E-state index is 0.0654. The molecule has 0 amide bonds. The van der Waals surface area contributed by atoms with E-state index in [0.29, 0.717) is 5.56 Å². The van der Waals surface area contributed by atoms with Crippen molar-refractivity contribution >= 4 is 9.84 Å². The quantitative estimate of drug-likeness (QED) is 0.849. The SMILES string of the molecule is CCS(=O)(=O)CC(O)c1ccc(C)cc1. The van der Waals surface area contributed by atoms with Gasteiger partial charge in [-0.25, -0.2) is 8.42 Å². The molecule has 0 bridgehead atoms. The fraction of sp³-hybridized carbons (Fsp3) is 0.455. The summed E-state index contributed by atoms with van der Waals surface area (Å²) >= 11 is 0. The lowest BCUT2D eigenvalue weighted by atomic mass is 10.1. The Morgan fingerprint density at radius 3 is 2.27 bits per heavy atom. The van der Waals surface area contributed by atoms with Crippen molar-refractivity contribution in [3.05, 3.63) is 35.4 Å². The zero-order valence-corrected chi connectivity index (χ0v) is 9.79. The first-order chi connectivity index (χ1) is 6.94. The maximum Gasteiger partial charge on any atom is 0.152 e. The first-order valence-electron chi connectivity index (χ1n) is 4.89. The Morgan fingerprint density at radius 1 is 1.27 bits per heavy atom. The third kappa shape index (κ3) is 3.64. The second kappa shape index (κ2) is 4.77. The van der Waals surface area contributed by atoms with Crippen molar-refractivity contribution in [2.45, 2.75) is 20.0 Å². The highest BCUT2D eigenvalue weighted by Gasteiger charge is 2.16. The van der Waals surface area contributed by atoms with Gasteiger partial charge in [0.2, 0.25) is 0 Å². The molecule has 1 unspecified atom stereocenters. The summed E-state index contributed by atoms with van der Waals surface area (Å²) in [6.45, 7) is 3.52. The summed E-state index contributed by atoms with van der Waals surface area (Å²) in [5, 5.41) is 9.70. The van der Waals surface area contributed by atoms with Gasteiger partial charge in [-0.3, -0.25) is 0 Å². The van der Waals surface area contributed by atoms with E-state index in [1.165, 1.54) is 0 Å². The van der Waals surface area contributed by atoms with Crippen molar-refractivity contribution in [1.82, 2.24) is 0 Å². The lowest BCUT2D eigenvalue weighted by molar-refractivity contribution is 0.201. The van der Waals surface area contributed by atoms with Crippen molar-refractivity contribution in [2.24, 2.45) is 0 Å². The van der Waals surface area contributed by atoms with E-state index in [1.807, 2.05) is 19.1 Å². The van der Waals surface area contributed by atoms with Crippen molar-refractivity contribution in [3.8, 4) is 0 Å². The molecule has 84 valence electrons. The van der Waals surface area contributed by atoms with Crippen LogP contribution in [-0.2, 0) is 9.84 Å². The topological polar surface area (TPSA) is 54.4 Å². The minimum Gasteiger partial charge on any atom is -0.387 e. The molecule has 1 aromatic rings. The summed E-state index contributed by atoms with van der Waals surface area (Å²) in [4.78, 5) is 0. The van der Waals surface area contributed by atoms with Crippen LogP contribution in [0, 0.1) is 6.92 Å². The van der Waals surface area contributed by atoms with E-state index >= 15 is 0 Å². The van der Waals surface area contributed by atoms with Crippen LogP contribution in [0.4, 0.5) is 0 Å². The molecule has 1 rings (SSSR count). The average Bonchev–Trinajstić information content (AvgIpc) is 2.18. The standard InChI is InChI=1S/C11H16O3S/c1-3-15(13,14)8-11(12)10-6-4-9(2)5-7-10/h4-7,11-12H,3,8H2,1-2H3. The Bertz CT molecular complexity index is 406. The Balaban J connectivity index is 2.78. The van der Waals surface area contributed by atoms with Gasteiger partial charge in [0.05, 0.1) is 11.9 Å². The summed E-state index contributed by atoms with van der Waals surface area (Å²) in [6.07, 6.45) is -0.921. The molecule has 15 heavy (non-hydrogen) atoms. The van der Waals surface area contributed by atoms with Crippen LogP contribution in [-0.4, -0.2) is 25.0 Å². The molecule has 0 aliphatic rings. The smallest absolute Gasteiger partial charge is 0.152 e. The molecular formula is C11H16O3S. The number of rotatable bonds is 4. The summed E-state index contributed by atoms with van der Waals surface area (Å²) in [7, 11) is -3.13. The van der Waals surface area contributed by atoms with Gasteiger partial charge in [-0.05, 0) is 12.5 Å². The zero-order chi connectivity index (χ0) is 11.5. The van der Waals surface area contributed by atoms with Crippen LogP contribution in [0.2, 0.25) is 0 Å². The molecule has 4 heteroatoms. The molecule has 0 heterocycles. The van der Waals surface area contributed by atoms with Crippen LogP contribution < -0.4 is 0 Å². The normalized spacial score (nSPS) is 13.8. The van der Waals surface area contributed by atoms with Crippen LogP contribution in [0.25, 0.3) is 0 Å². The highest BCUT2D eigenvalue weighted by atomic mass is 32.2. The van der Waals surface area contributed by atoms with Crippen molar-refractivity contribution in [1.29, 1.82) is 0 Å². The Hall–Kier alpha value is -0.870.